The largest absolute Gasteiger partial charge is 0.392 e. The molecule has 2 aromatic rings. The molecule has 1 aromatic heterocycles. The van der Waals surface area contributed by atoms with Crippen LogP contribution in [-0.4, -0.2) is 23.7 Å². The maximum atomic E-state index is 12.0. The van der Waals surface area contributed by atoms with Gasteiger partial charge in [-0.15, -0.1) is 0 Å². The molecule has 0 atom stereocenters. The van der Waals surface area contributed by atoms with Gasteiger partial charge in [0.25, 0.3) is 0 Å². The van der Waals surface area contributed by atoms with Crippen molar-refractivity contribution in [3.63, 3.8) is 0 Å². The number of H-pyrrole nitrogens is 1. The average molecular weight is 281 g/mol. The van der Waals surface area contributed by atoms with Crippen molar-refractivity contribution in [3.8, 4) is 0 Å². The Balaban J connectivity index is 2.12. The fourth-order valence-corrected chi connectivity index (χ4v) is 2.86. The molecule has 0 amide bonds. The molecule has 19 heavy (non-hydrogen) atoms. The highest BCUT2D eigenvalue weighted by molar-refractivity contribution is 7.89. The van der Waals surface area contributed by atoms with Crippen molar-refractivity contribution in [1.29, 1.82) is 0 Å². The molecule has 0 unspecified atom stereocenters. The second kappa shape index (κ2) is 5.52. The third-order valence-corrected chi connectivity index (χ3v) is 4.23. The Bertz CT molecular complexity index is 664. The van der Waals surface area contributed by atoms with E-state index in [1.54, 1.807) is 31.2 Å². The maximum Gasteiger partial charge on any atom is 0.244 e. The molecule has 1 aromatic carbocycles. The first-order valence-electron chi connectivity index (χ1n) is 5.71. The lowest BCUT2D eigenvalue weighted by molar-refractivity contribution is 0.281. The third-order valence-electron chi connectivity index (χ3n) is 2.71. The first kappa shape index (κ1) is 13.7. The van der Waals surface area contributed by atoms with Gasteiger partial charge in [-0.3, -0.25) is 5.10 Å². The van der Waals surface area contributed by atoms with Crippen LogP contribution in [0.5, 0.6) is 0 Å². The number of rotatable bonds is 5. The lowest BCUT2D eigenvalue weighted by Crippen LogP contribution is -2.23. The molecule has 7 heteroatoms. The van der Waals surface area contributed by atoms with E-state index in [0.29, 0.717) is 5.69 Å². The van der Waals surface area contributed by atoms with Crippen LogP contribution in [0.25, 0.3) is 0 Å². The first-order chi connectivity index (χ1) is 9.03. The Morgan fingerprint density at radius 2 is 2.11 bits per heavy atom. The minimum atomic E-state index is -3.57. The van der Waals surface area contributed by atoms with Crippen LogP contribution in [0.4, 0.5) is 0 Å². The normalized spacial score (nSPS) is 11.7. The second-order valence-electron chi connectivity index (χ2n) is 4.16. The van der Waals surface area contributed by atoms with Crippen molar-refractivity contribution in [3.05, 3.63) is 47.3 Å². The maximum absolute atomic E-state index is 12.0. The number of aromatic nitrogens is 2. The van der Waals surface area contributed by atoms with E-state index in [1.807, 2.05) is 0 Å². The van der Waals surface area contributed by atoms with Gasteiger partial charge in [-0.2, -0.15) is 5.10 Å². The molecule has 6 nitrogen and oxygen atoms in total. The number of aromatic amines is 1. The summed E-state index contributed by atoms with van der Waals surface area (Å²) in [6.07, 6.45) is 1.28. The molecule has 0 spiro atoms. The highest BCUT2D eigenvalue weighted by atomic mass is 32.2. The lowest BCUT2D eigenvalue weighted by Gasteiger charge is -2.07. The van der Waals surface area contributed by atoms with Crippen molar-refractivity contribution in [2.45, 2.75) is 25.0 Å². The third kappa shape index (κ3) is 3.19. The molecule has 2 rings (SSSR count). The molecule has 0 aliphatic heterocycles. The summed E-state index contributed by atoms with van der Waals surface area (Å²) in [5, 5.41) is 15.3. The zero-order valence-corrected chi connectivity index (χ0v) is 11.2. The van der Waals surface area contributed by atoms with Crippen LogP contribution >= 0.6 is 0 Å². The fraction of sp³-hybridized carbons (Fsp3) is 0.250. The Hall–Kier alpha value is -1.70. The van der Waals surface area contributed by atoms with E-state index in [2.05, 4.69) is 14.9 Å². The van der Waals surface area contributed by atoms with Gasteiger partial charge in [0.05, 0.1) is 18.5 Å². The molecular weight excluding hydrogens is 266 g/mol. The van der Waals surface area contributed by atoms with Crippen molar-refractivity contribution < 1.29 is 13.5 Å². The van der Waals surface area contributed by atoms with Gasteiger partial charge >= 0.3 is 0 Å². The predicted octanol–water partition coefficient (Wildman–Crippen LogP) is 0.689. The second-order valence-corrected chi connectivity index (χ2v) is 5.90. The van der Waals surface area contributed by atoms with E-state index in [-0.39, 0.29) is 18.0 Å². The van der Waals surface area contributed by atoms with Crippen LogP contribution < -0.4 is 4.72 Å². The zero-order chi connectivity index (χ0) is 13.9. The van der Waals surface area contributed by atoms with Crippen molar-refractivity contribution in [2.24, 2.45) is 0 Å². The number of nitrogens with zero attached hydrogens (tertiary/aromatic N) is 1. The Labute approximate surface area is 111 Å². The zero-order valence-electron chi connectivity index (χ0n) is 10.4. The Morgan fingerprint density at radius 1 is 1.37 bits per heavy atom. The molecule has 0 saturated carbocycles. The summed E-state index contributed by atoms with van der Waals surface area (Å²) in [6, 6.07) is 7.10. The quantitative estimate of drug-likeness (QED) is 0.751. The highest BCUT2D eigenvalue weighted by Gasteiger charge is 2.17. The van der Waals surface area contributed by atoms with Gasteiger partial charge < -0.3 is 5.11 Å². The van der Waals surface area contributed by atoms with Gasteiger partial charge in [-0.05, 0) is 18.1 Å². The van der Waals surface area contributed by atoms with Crippen LogP contribution in [0.1, 0.15) is 16.8 Å². The topological polar surface area (TPSA) is 95.1 Å². The van der Waals surface area contributed by atoms with Crippen molar-refractivity contribution in [1.82, 2.24) is 14.9 Å². The number of hydrogen-bond donors (Lipinski definition) is 3. The predicted molar refractivity (Wildman–Crippen MR) is 69.7 cm³/mol. The summed E-state index contributed by atoms with van der Waals surface area (Å²) in [6.45, 7) is 1.75. The summed E-state index contributed by atoms with van der Waals surface area (Å²) < 4.78 is 26.5. The number of sulfonamides is 1. The van der Waals surface area contributed by atoms with E-state index in [1.165, 1.54) is 6.20 Å². The SMILES string of the molecule is Cc1[nH]ncc1S(=O)(=O)NCc1cccc(CO)c1. The van der Waals surface area contributed by atoms with Crippen LogP contribution in [0, 0.1) is 6.92 Å². The van der Waals surface area contributed by atoms with E-state index in [9.17, 15) is 8.42 Å². The monoisotopic (exact) mass is 281 g/mol. The molecule has 1 heterocycles. The number of aliphatic hydroxyl groups excluding tert-OH is 1. The molecule has 0 aliphatic carbocycles. The van der Waals surface area contributed by atoms with Gasteiger partial charge in [0.2, 0.25) is 10.0 Å². The minimum Gasteiger partial charge on any atom is -0.392 e. The van der Waals surface area contributed by atoms with Crippen molar-refractivity contribution >= 4 is 10.0 Å². The fourth-order valence-electron chi connectivity index (χ4n) is 1.70. The smallest absolute Gasteiger partial charge is 0.244 e. The summed E-state index contributed by atoms with van der Waals surface area (Å²) in [7, 11) is -3.57. The van der Waals surface area contributed by atoms with Crippen LogP contribution in [0.15, 0.2) is 35.4 Å². The molecule has 0 bridgehead atoms. The van der Waals surface area contributed by atoms with Gasteiger partial charge in [0.1, 0.15) is 4.90 Å². The Kier molecular flexibility index (Phi) is 3.98. The van der Waals surface area contributed by atoms with Crippen LogP contribution in [0.3, 0.4) is 0 Å². The molecule has 0 aliphatic rings. The Morgan fingerprint density at radius 3 is 2.74 bits per heavy atom. The summed E-state index contributed by atoms with van der Waals surface area (Å²) in [5.41, 5.74) is 2.03. The van der Waals surface area contributed by atoms with Gasteiger partial charge in [0, 0.05) is 6.54 Å². The molecule has 3 N–H and O–H groups in total. The van der Waals surface area contributed by atoms with Gasteiger partial charge in [0.15, 0.2) is 0 Å². The first-order valence-corrected chi connectivity index (χ1v) is 7.19. The van der Waals surface area contributed by atoms with Crippen molar-refractivity contribution in [2.75, 3.05) is 0 Å². The molecule has 0 radical (unpaired) electrons. The number of nitrogens with one attached hydrogen (secondary N) is 2. The lowest BCUT2D eigenvalue weighted by atomic mass is 10.1. The minimum absolute atomic E-state index is 0.0680. The average Bonchev–Trinajstić information content (AvgIpc) is 2.84. The van der Waals surface area contributed by atoms with E-state index < -0.39 is 10.0 Å². The van der Waals surface area contributed by atoms with E-state index >= 15 is 0 Å². The molecule has 0 saturated heterocycles. The van der Waals surface area contributed by atoms with Crippen LogP contribution in [0.2, 0.25) is 0 Å². The standard InChI is InChI=1S/C12H15N3O3S/c1-9-12(7-13-15-9)19(17,18)14-6-10-3-2-4-11(5-10)8-16/h2-5,7,14,16H,6,8H2,1H3,(H,13,15). The number of aryl methyl sites for hydroxylation is 1. The van der Waals surface area contributed by atoms with Gasteiger partial charge in [-0.25, -0.2) is 13.1 Å². The number of hydrogen-bond acceptors (Lipinski definition) is 4. The molecule has 0 fully saturated rings. The van der Waals surface area contributed by atoms with Crippen LogP contribution in [-0.2, 0) is 23.2 Å². The highest BCUT2D eigenvalue weighted by Crippen LogP contribution is 2.12. The summed E-state index contributed by atoms with van der Waals surface area (Å²) >= 11 is 0. The summed E-state index contributed by atoms with van der Waals surface area (Å²) in [4.78, 5) is 0.144. The number of benzene rings is 1. The molecular formula is C12H15N3O3S. The van der Waals surface area contributed by atoms with Gasteiger partial charge in [-0.1, -0.05) is 24.3 Å². The van der Waals surface area contributed by atoms with E-state index in [0.717, 1.165) is 11.1 Å². The molecule has 102 valence electrons. The summed E-state index contributed by atoms with van der Waals surface area (Å²) in [5.74, 6) is 0. The number of aliphatic hydroxyl groups is 1. The van der Waals surface area contributed by atoms with E-state index in [4.69, 9.17) is 5.11 Å².